The van der Waals surface area contributed by atoms with Gasteiger partial charge < -0.3 is 4.90 Å². The molecule has 0 radical (unpaired) electrons. The molecule has 1 atom stereocenters. The molecule has 0 spiro atoms. The van der Waals surface area contributed by atoms with Crippen LogP contribution in [-0.2, 0) is 11.3 Å². The van der Waals surface area contributed by atoms with Gasteiger partial charge in [0.25, 0.3) is 5.56 Å². The van der Waals surface area contributed by atoms with Crippen molar-refractivity contribution in [2.75, 3.05) is 18.8 Å². The molecule has 0 saturated carbocycles. The van der Waals surface area contributed by atoms with Crippen LogP contribution in [0.1, 0.15) is 26.7 Å². The van der Waals surface area contributed by atoms with E-state index in [-0.39, 0.29) is 11.5 Å². The first-order chi connectivity index (χ1) is 11.6. The van der Waals surface area contributed by atoms with Gasteiger partial charge >= 0.3 is 0 Å². The van der Waals surface area contributed by atoms with Crippen LogP contribution in [0.15, 0.2) is 34.2 Å². The van der Waals surface area contributed by atoms with E-state index in [1.165, 1.54) is 18.2 Å². The number of carbonyl (C=O) groups excluding carboxylic acids is 1. The third-order valence-electron chi connectivity index (χ3n) is 4.48. The summed E-state index contributed by atoms with van der Waals surface area (Å²) in [6.45, 7) is 6.34. The van der Waals surface area contributed by atoms with Crippen LogP contribution in [0.3, 0.4) is 0 Å². The predicted octanol–water partition coefficient (Wildman–Crippen LogP) is 2.77. The van der Waals surface area contributed by atoms with Crippen LogP contribution in [0, 0.1) is 5.92 Å². The fourth-order valence-corrected chi connectivity index (χ4v) is 4.14. The van der Waals surface area contributed by atoms with Gasteiger partial charge in [-0.25, -0.2) is 4.98 Å². The lowest BCUT2D eigenvalue weighted by Crippen LogP contribution is -2.40. The summed E-state index contributed by atoms with van der Waals surface area (Å²) in [4.78, 5) is 31.6. The number of hydrogen-bond acceptors (Lipinski definition) is 4. The van der Waals surface area contributed by atoms with E-state index in [1.54, 1.807) is 10.6 Å². The summed E-state index contributed by atoms with van der Waals surface area (Å²) in [5, 5.41) is 1.25. The van der Waals surface area contributed by atoms with E-state index >= 15 is 0 Å². The molecule has 0 bridgehead atoms. The molecule has 6 heteroatoms. The summed E-state index contributed by atoms with van der Waals surface area (Å²) in [5.41, 5.74) is 0.651. The molecule has 1 saturated heterocycles. The molecule has 2 heterocycles. The first-order valence-electron chi connectivity index (χ1n) is 8.50. The van der Waals surface area contributed by atoms with Crippen molar-refractivity contribution in [1.82, 2.24) is 14.5 Å². The summed E-state index contributed by atoms with van der Waals surface area (Å²) in [6.07, 6.45) is 2.27. The van der Waals surface area contributed by atoms with Crippen LogP contribution in [0.25, 0.3) is 10.9 Å². The summed E-state index contributed by atoms with van der Waals surface area (Å²) < 4.78 is 1.65. The molecule has 1 aliphatic rings. The van der Waals surface area contributed by atoms with Crippen molar-refractivity contribution in [2.45, 2.75) is 38.4 Å². The minimum absolute atomic E-state index is 0.0374. The van der Waals surface area contributed by atoms with Gasteiger partial charge in [-0.3, -0.25) is 14.2 Å². The lowest BCUT2D eigenvalue weighted by atomic mass is 10.0. The summed E-state index contributed by atoms with van der Waals surface area (Å²) >= 11 is 1.36. The first kappa shape index (κ1) is 17.0. The van der Waals surface area contributed by atoms with Gasteiger partial charge in [-0.2, -0.15) is 0 Å². The van der Waals surface area contributed by atoms with E-state index in [0.29, 0.717) is 34.3 Å². The number of aromatic nitrogens is 2. The molecule has 5 nitrogen and oxygen atoms in total. The first-order valence-corrected chi connectivity index (χ1v) is 9.49. The number of amides is 1. The summed E-state index contributed by atoms with van der Waals surface area (Å²) in [6, 6.07) is 7.36. The average Bonchev–Trinajstić information content (AvgIpc) is 2.60. The highest BCUT2D eigenvalue weighted by atomic mass is 32.2. The molecular weight excluding hydrogens is 322 g/mol. The molecule has 1 aromatic carbocycles. The lowest BCUT2D eigenvalue weighted by Gasteiger charge is -2.30. The van der Waals surface area contributed by atoms with Crippen molar-refractivity contribution < 1.29 is 4.79 Å². The molecule has 1 aromatic heterocycles. The number of benzene rings is 1. The zero-order valence-corrected chi connectivity index (χ0v) is 15.0. The second kappa shape index (κ2) is 7.38. The number of fused-ring (bicyclic) bond motifs is 1. The number of carbonyl (C=O) groups is 1. The normalized spacial score (nSPS) is 18.1. The molecule has 0 unspecified atom stereocenters. The van der Waals surface area contributed by atoms with Crippen molar-refractivity contribution in [3.05, 3.63) is 34.6 Å². The Labute approximate surface area is 146 Å². The van der Waals surface area contributed by atoms with Crippen molar-refractivity contribution in [3.63, 3.8) is 0 Å². The van der Waals surface area contributed by atoms with Crippen molar-refractivity contribution >= 4 is 28.6 Å². The zero-order valence-electron chi connectivity index (χ0n) is 14.2. The van der Waals surface area contributed by atoms with E-state index in [9.17, 15) is 9.59 Å². The minimum Gasteiger partial charge on any atom is -0.342 e. The highest BCUT2D eigenvalue weighted by Gasteiger charge is 2.21. The predicted molar refractivity (Wildman–Crippen MR) is 97.4 cm³/mol. The van der Waals surface area contributed by atoms with E-state index in [4.69, 9.17) is 0 Å². The van der Waals surface area contributed by atoms with Crippen LogP contribution in [0.5, 0.6) is 0 Å². The smallest absolute Gasteiger partial charge is 0.262 e. The molecule has 0 aliphatic carbocycles. The van der Waals surface area contributed by atoms with Crippen LogP contribution in [0.4, 0.5) is 0 Å². The molecule has 2 aromatic rings. The molecule has 1 aliphatic heterocycles. The van der Waals surface area contributed by atoms with Gasteiger partial charge in [-0.15, -0.1) is 0 Å². The number of rotatable bonds is 4. The van der Waals surface area contributed by atoms with Crippen molar-refractivity contribution in [2.24, 2.45) is 5.92 Å². The SMILES string of the molecule is CCn1c(SCC(=O)N2CCC[C@H](C)C2)nc2ccccc2c1=O. The Morgan fingerprint density at radius 3 is 2.92 bits per heavy atom. The fraction of sp³-hybridized carbons (Fsp3) is 0.500. The largest absolute Gasteiger partial charge is 0.342 e. The topological polar surface area (TPSA) is 55.2 Å². The number of nitrogens with zero attached hydrogens (tertiary/aromatic N) is 3. The summed E-state index contributed by atoms with van der Waals surface area (Å²) in [5.74, 6) is 1.04. The minimum atomic E-state index is -0.0374. The number of hydrogen-bond donors (Lipinski definition) is 0. The monoisotopic (exact) mass is 345 g/mol. The van der Waals surface area contributed by atoms with Gasteiger partial charge in [0.05, 0.1) is 16.7 Å². The molecule has 0 N–H and O–H groups in total. The molecular formula is C18H23N3O2S. The average molecular weight is 345 g/mol. The van der Waals surface area contributed by atoms with Gasteiger partial charge in [-0.05, 0) is 37.8 Å². The Kier molecular flexibility index (Phi) is 5.23. The molecule has 24 heavy (non-hydrogen) atoms. The Bertz CT molecular complexity index is 802. The maximum absolute atomic E-state index is 12.6. The fourth-order valence-electron chi connectivity index (χ4n) is 3.17. The molecule has 3 rings (SSSR count). The maximum atomic E-state index is 12.6. The van der Waals surface area contributed by atoms with E-state index < -0.39 is 0 Å². The van der Waals surface area contributed by atoms with Gasteiger partial charge in [0.2, 0.25) is 5.91 Å². The van der Waals surface area contributed by atoms with E-state index in [2.05, 4.69) is 11.9 Å². The summed E-state index contributed by atoms with van der Waals surface area (Å²) in [7, 11) is 0. The second-order valence-corrected chi connectivity index (χ2v) is 7.28. The molecule has 1 amide bonds. The Hall–Kier alpha value is -1.82. The van der Waals surface area contributed by atoms with Gasteiger partial charge in [0.1, 0.15) is 0 Å². The standard InChI is InChI=1S/C18H23N3O2S/c1-3-21-17(23)14-8-4-5-9-15(14)19-18(21)24-12-16(22)20-10-6-7-13(2)11-20/h4-5,8-9,13H,3,6-7,10-12H2,1-2H3/t13-/m0/s1. The van der Waals surface area contributed by atoms with Crippen molar-refractivity contribution in [1.29, 1.82) is 0 Å². The number of thioether (sulfide) groups is 1. The second-order valence-electron chi connectivity index (χ2n) is 6.34. The Balaban J connectivity index is 1.79. The number of piperidine rings is 1. The Morgan fingerprint density at radius 1 is 1.38 bits per heavy atom. The molecule has 1 fully saturated rings. The van der Waals surface area contributed by atoms with E-state index in [0.717, 1.165) is 19.5 Å². The van der Waals surface area contributed by atoms with Crippen LogP contribution in [-0.4, -0.2) is 39.2 Å². The molecule has 128 valence electrons. The highest BCUT2D eigenvalue weighted by Crippen LogP contribution is 2.20. The number of likely N-dealkylation sites (tertiary alicyclic amines) is 1. The quantitative estimate of drug-likeness (QED) is 0.632. The third-order valence-corrected chi connectivity index (χ3v) is 5.44. The Morgan fingerprint density at radius 2 is 2.17 bits per heavy atom. The van der Waals surface area contributed by atoms with Crippen LogP contribution >= 0.6 is 11.8 Å². The van der Waals surface area contributed by atoms with Crippen LogP contribution < -0.4 is 5.56 Å². The zero-order chi connectivity index (χ0) is 17.1. The maximum Gasteiger partial charge on any atom is 0.262 e. The lowest BCUT2D eigenvalue weighted by molar-refractivity contribution is -0.130. The number of para-hydroxylation sites is 1. The third kappa shape index (κ3) is 3.48. The van der Waals surface area contributed by atoms with Gasteiger partial charge in [0, 0.05) is 19.6 Å². The van der Waals surface area contributed by atoms with Crippen LogP contribution in [0.2, 0.25) is 0 Å². The van der Waals surface area contributed by atoms with Gasteiger partial charge in [-0.1, -0.05) is 30.8 Å². The van der Waals surface area contributed by atoms with Crippen molar-refractivity contribution in [3.8, 4) is 0 Å². The van der Waals surface area contributed by atoms with E-state index in [1.807, 2.05) is 30.0 Å². The highest BCUT2D eigenvalue weighted by molar-refractivity contribution is 7.99. The van der Waals surface area contributed by atoms with Gasteiger partial charge in [0.15, 0.2) is 5.16 Å².